The lowest BCUT2D eigenvalue weighted by Gasteiger charge is -2.24. The van der Waals surface area contributed by atoms with Gasteiger partial charge in [0.25, 0.3) is 0 Å². The molecule has 4 nitrogen and oxygen atoms in total. The molecule has 1 saturated heterocycles. The Morgan fingerprint density at radius 3 is 3.07 bits per heavy atom. The summed E-state index contributed by atoms with van der Waals surface area (Å²) in [5.41, 5.74) is 0. The molecule has 1 fully saturated rings. The van der Waals surface area contributed by atoms with Crippen LogP contribution in [-0.2, 0) is 9.53 Å². The van der Waals surface area contributed by atoms with E-state index >= 15 is 0 Å². The SMILES string of the molecule is CCOC[C@@H]1CCCN1C(=O)CNC. The van der Waals surface area contributed by atoms with Gasteiger partial charge in [0.1, 0.15) is 0 Å². The Kier molecular flexibility index (Phi) is 4.90. The standard InChI is InChI=1S/C10H20N2O2/c1-3-14-8-9-5-4-6-12(9)10(13)7-11-2/h9,11H,3-8H2,1-2H3/t9-/m0/s1. The molecule has 0 aliphatic carbocycles. The van der Waals surface area contributed by atoms with Gasteiger partial charge < -0.3 is 15.0 Å². The molecule has 14 heavy (non-hydrogen) atoms. The second-order valence-corrected chi connectivity index (χ2v) is 3.57. The zero-order valence-corrected chi connectivity index (χ0v) is 9.08. The number of likely N-dealkylation sites (N-methyl/N-ethyl adjacent to an activating group) is 1. The first-order chi connectivity index (χ1) is 6.79. The number of amides is 1. The number of ether oxygens (including phenoxy) is 1. The third-order valence-electron chi connectivity index (χ3n) is 2.54. The first-order valence-corrected chi connectivity index (χ1v) is 5.31. The van der Waals surface area contributed by atoms with Crippen molar-refractivity contribution in [2.75, 3.05) is 33.4 Å². The van der Waals surface area contributed by atoms with Crippen molar-refractivity contribution in [1.29, 1.82) is 0 Å². The normalized spacial score (nSPS) is 21.6. The van der Waals surface area contributed by atoms with Crippen LogP contribution in [0.4, 0.5) is 0 Å². The van der Waals surface area contributed by atoms with Gasteiger partial charge in [0.2, 0.25) is 5.91 Å². The summed E-state index contributed by atoms with van der Waals surface area (Å²) in [5, 5.41) is 2.89. The quantitative estimate of drug-likeness (QED) is 0.691. The van der Waals surface area contributed by atoms with E-state index in [1.165, 1.54) is 0 Å². The van der Waals surface area contributed by atoms with Crippen LogP contribution in [-0.4, -0.2) is 50.2 Å². The van der Waals surface area contributed by atoms with E-state index in [4.69, 9.17) is 4.74 Å². The van der Waals surface area contributed by atoms with Gasteiger partial charge in [0, 0.05) is 13.2 Å². The molecule has 0 spiro atoms. The van der Waals surface area contributed by atoms with Crippen LogP contribution in [0.5, 0.6) is 0 Å². The predicted molar refractivity (Wildman–Crippen MR) is 55.2 cm³/mol. The Hall–Kier alpha value is -0.610. The van der Waals surface area contributed by atoms with E-state index in [-0.39, 0.29) is 5.91 Å². The van der Waals surface area contributed by atoms with E-state index < -0.39 is 0 Å². The van der Waals surface area contributed by atoms with Crippen LogP contribution < -0.4 is 5.32 Å². The molecule has 0 unspecified atom stereocenters. The first-order valence-electron chi connectivity index (χ1n) is 5.31. The van der Waals surface area contributed by atoms with E-state index in [2.05, 4.69) is 5.32 Å². The third kappa shape index (κ3) is 2.96. The molecule has 0 radical (unpaired) electrons. The molecule has 1 N–H and O–H groups in total. The third-order valence-corrected chi connectivity index (χ3v) is 2.54. The molecule has 0 aromatic carbocycles. The second kappa shape index (κ2) is 5.98. The van der Waals surface area contributed by atoms with Gasteiger partial charge in [0.15, 0.2) is 0 Å². The van der Waals surface area contributed by atoms with Crippen molar-refractivity contribution in [1.82, 2.24) is 10.2 Å². The van der Waals surface area contributed by atoms with Crippen LogP contribution >= 0.6 is 0 Å². The van der Waals surface area contributed by atoms with Gasteiger partial charge in [-0.25, -0.2) is 0 Å². The molecule has 1 heterocycles. The summed E-state index contributed by atoms with van der Waals surface area (Å²) < 4.78 is 5.36. The maximum Gasteiger partial charge on any atom is 0.236 e. The zero-order chi connectivity index (χ0) is 10.4. The van der Waals surface area contributed by atoms with Gasteiger partial charge in [-0.1, -0.05) is 0 Å². The van der Waals surface area contributed by atoms with Gasteiger partial charge in [-0.15, -0.1) is 0 Å². The highest BCUT2D eigenvalue weighted by atomic mass is 16.5. The van der Waals surface area contributed by atoms with Crippen LogP contribution in [0.3, 0.4) is 0 Å². The molecular weight excluding hydrogens is 180 g/mol. The highest BCUT2D eigenvalue weighted by Gasteiger charge is 2.27. The fraction of sp³-hybridized carbons (Fsp3) is 0.900. The van der Waals surface area contributed by atoms with Crippen LogP contribution in [0.15, 0.2) is 0 Å². The smallest absolute Gasteiger partial charge is 0.236 e. The summed E-state index contributed by atoms with van der Waals surface area (Å²) in [4.78, 5) is 13.6. The average molecular weight is 200 g/mol. The molecule has 1 aliphatic rings. The lowest BCUT2D eigenvalue weighted by Crippen LogP contribution is -2.42. The van der Waals surface area contributed by atoms with Crippen molar-refractivity contribution in [3.8, 4) is 0 Å². The van der Waals surface area contributed by atoms with Gasteiger partial charge in [-0.3, -0.25) is 4.79 Å². The summed E-state index contributed by atoms with van der Waals surface area (Å²) in [7, 11) is 1.80. The van der Waals surface area contributed by atoms with E-state index in [0.29, 0.717) is 19.2 Å². The van der Waals surface area contributed by atoms with Crippen molar-refractivity contribution in [3.05, 3.63) is 0 Å². The van der Waals surface area contributed by atoms with Gasteiger partial charge in [-0.2, -0.15) is 0 Å². The minimum absolute atomic E-state index is 0.190. The number of nitrogens with one attached hydrogen (secondary N) is 1. The lowest BCUT2D eigenvalue weighted by atomic mass is 10.2. The minimum Gasteiger partial charge on any atom is -0.380 e. The van der Waals surface area contributed by atoms with Crippen molar-refractivity contribution in [2.45, 2.75) is 25.8 Å². The summed E-state index contributed by atoms with van der Waals surface area (Å²) in [6, 6.07) is 0.302. The number of carbonyl (C=O) groups excluding carboxylic acids is 1. The molecule has 1 rings (SSSR count). The van der Waals surface area contributed by atoms with Gasteiger partial charge in [-0.05, 0) is 26.8 Å². The maximum absolute atomic E-state index is 11.6. The Bertz CT molecular complexity index is 185. The summed E-state index contributed by atoms with van der Waals surface area (Å²) in [5.74, 6) is 0.190. The molecule has 0 aromatic rings. The fourth-order valence-corrected chi connectivity index (χ4v) is 1.84. The summed E-state index contributed by atoms with van der Waals surface area (Å²) >= 11 is 0. The number of nitrogens with zero attached hydrogens (tertiary/aromatic N) is 1. The number of rotatable bonds is 5. The highest BCUT2D eigenvalue weighted by Crippen LogP contribution is 2.17. The largest absolute Gasteiger partial charge is 0.380 e. The predicted octanol–water partition coefficient (Wildman–Crippen LogP) is 0.233. The Morgan fingerprint density at radius 2 is 2.43 bits per heavy atom. The number of hydrogen-bond donors (Lipinski definition) is 1. The molecule has 0 aromatic heterocycles. The number of hydrogen-bond acceptors (Lipinski definition) is 3. The van der Waals surface area contributed by atoms with Crippen LogP contribution in [0, 0.1) is 0 Å². The Morgan fingerprint density at radius 1 is 1.64 bits per heavy atom. The van der Waals surface area contributed by atoms with E-state index in [1.54, 1.807) is 7.05 Å². The number of carbonyl (C=O) groups is 1. The molecule has 0 bridgehead atoms. The molecule has 1 aliphatic heterocycles. The van der Waals surface area contributed by atoms with Crippen LogP contribution in [0.1, 0.15) is 19.8 Å². The number of likely N-dealkylation sites (tertiary alicyclic amines) is 1. The Balaban J connectivity index is 2.38. The molecular formula is C10H20N2O2. The Labute approximate surface area is 85.6 Å². The first kappa shape index (κ1) is 11.5. The van der Waals surface area contributed by atoms with E-state index in [1.807, 2.05) is 11.8 Å². The topological polar surface area (TPSA) is 41.6 Å². The van der Waals surface area contributed by atoms with Crippen LogP contribution in [0.25, 0.3) is 0 Å². The molecule has 0 saturated carbocycles. The van der Waals surface area contributed by atoms with E-state index in [0.717, 1.165) is 26.0 Å². The molecule has 4 heteroatoms. The molecule has 82 valence electrons. The van der Waals surface area contributed by atoms with Crippen molar-refractivity contribution >= 4 is 5.91 Å². The van der Waals surface area contributed by atoms with Crippen LogP contribution in [0.2, 0.25) is 0 Å². The average Bonchev–Trinajstić information content (AvgIpc) is 2.63. The minimum atomic E-state index is 0.190. The van der Waals surface area contributed by atoms with Gasteiger partial charge >= 0.3 is 0 Å². The van der Waals surface area contributed by atoms with E-state index in [9.17, 15) is 4.79 Å². The second-order valence-electron chi connectivity index (χ2n) is 3.57. The summed E-state index contributed by atoms with van der Waals surface area (Å²) in [6.45, 7) is 4.71. The van der Waals surface area contributed by atoms with Crippen molar-refractivity contribution < 1.29 is 9.53 Å². The van der Waals surface area contributed by atoms with Crippen molar-refractivity contribution in [2.24, 2.45) is 0 Å². The molecule has 1 amide bonds. The monoisotopic (exact) mass is 200 g/mol. The zero-order valence-electron chi connectivity index (χ0n) is 9.08. The highest BCUT2D eigenvalue weighted by molar-refractivity contribution is 5.78. The molecule has 1 atom stereocenters. The lowest BCUT2D eigenvalue weighted by molar-refractivity contribution is -0.132. The van der Waals surface area contributed by atoms with Gasteiger partial charge in [0.05, 0.1) is 19.2 Å². The van der Waals surface area contributed by atoms with Crippen molar-refractivity contribution in [3.63, 3.8) is 0 Å². The fourth-order valence-electron chi connectivity index (χ4n) is 1.84. The maximum atomic E-state index is 11.6. The summed E-state index contributed by atoms with van der Waals surface area (Å²) in [6.07, 6.45) is 2.18.